The highest BCUT2D eigenvalue weighted by Crippen LogP contribution is 2.38. The van der Waals surface area contributed by atoms with E-state index in [1.165, 1.54) is 0 Å². The second-order valence-electron chi connectivity index (χ2n) is 9.74. The van der Waals surface area contributed by atoms with Crippen molar-refractivity contribution < 1.29 is 5.11 Å². The van der Waals surface area contributed by atoms with Gasteiger partial charge < -0.3 is 15.0 Å². The third kappa shape index (κ3) is 3.67. The number of hydrogen-bond donors (Lipinski definition) is 2. The van der Waals surface area contributed by atoms with Gasteiger partial charge in [-0.1, -0.05) is 5.21 Å². The number of aromatic hydroxyl groups is 1. The Labute approximate surface area is 180 Å². The number of rotatable bonds is 3. The molecule has 0 spiro atoms. The van der Waals surface area contributed by atoms with E-state index in [9.17, 15) is 5.11 Å². The maximum atomic E-state index is 10.6. The number of piperidine rings is 1. The fourth-order valence-electron chi connectivity index (χ4n) is 5.07. The summed E-state index contributed by atoms with van der Waals surface area (Å²) in [6, 6.07) is 9.77. The van der Waals surface area contributed by atoms with E-state index in [-0.39, 0.29) is 16.8 Å². The van der Waals surface area contributed by atoms with Crippen molar-refractivity contribution in [2.75, 3.05) is 0 Å². The van der Waals surface area contributed by atoms with E-state index in [1.807, 2.05) is 18.2 Å². The van der Waals surface area contributed by atoms with E-state index in [4.69, 9.17) is 0 Å². The zero-order valence-corrected chi connectivity index (χ0v) is 18.2. The molecule has 1 aliphatic rings. The first kappa shape index (κ1) is 19.7. The largest absolute Gasteiger partial charge is 0.507 e. The lowest BCUT2D eigenvalue weighted by atomic mass is 9.79. The van der Waals surface area contributed by atoms with Crippen LogP contribution in [0.5, 0.6) is 5.75 Å². The summed E-state index contributed by atoms with van der Waals surface area (Å²) in [5.41, 5.74) is 2.98. The molecule has 160 valence electrons. The molecule has 4 heterocycles. The average Bonchev–Trinajstić information content (AvgIpc) is 3.35. The van der Waals surface area contributed by atoms with Gasteiger partial charge in [-0.3, -0.25) is 0 Å². The van der Waals surface area contributed by atoms with Crippen LogP contribution in [0.1, 0.15) is 46.6 Å². The zero-order chi connectivity index (χ0) is 21.8. The standard InChI is InChI=1S/C23H27N7O/c1-22(2)13-17(14-23(3,4)27-22)29-9-7-15-11-19(25-26-21(15)29)18-6-5-16(12-20(18)31)30-10-8-24-28-30/h5-12,17,27,31H,13-14H2,1-4H3. The van der Waals surface area contributed by atoms with Gasteiger partial charge in [0, 0.05) is 40.3 Å². The number of aromatic nitrogens is 6. The van der Waals surface area contributed by atoms with Crippen molar-refractivity contribution in [2.45, 2.75) is 57.7 Å². The Morgan fingerprint density at radius 1 is 1.00 bits per heavy atom. The number of phenolic OH excluding ortho intramolecular Hbond substituents is 1. The van der Waals surface area contributed by atoms with Crippen molar-refractivity contribution in [1.82, 2.24) is 35.1 Å². The highest BCUT2D eigenvalue weighted by molar-refractivity contribution is 5.81. The van der Waals surface area contributed by atoms with Gasteiger partial charge in [-0.05, 0) is 64.8 Å². The minimum atomic E-state index is 0.0496. The van der Waals surface area contributed by atoms with Gasteiger partial charge in [0.2, 0.25) is 0 Å². The summed E-state index contributed by atoms with van der Waals surface area (Å²) in [5, 5.41) is 32.1. The van der Waals surface area contributed by atoms with Crippen LogP contribution in [0, 0.1) is 0 Å². The molecule has 0 atom stereocenters. The summed E-state index contributed by atoms with van der Waals surface area (Å²) in [5.74, 6) is 0.128. The molecule has 0 amide bonds. The number of nitrogens with zero attached hydrogens (tertiary/aromatic N) is 6. The molecule has 5 rings (SSSR count). The van der Waals surface area contributed by atoms with Crippen LogP contribution in [-0.4, -0.2) is 45.9 Å². The first-order valence-corrected chi connectivity index (χ1v) is 10.5. The second-order valence-corrected chi connectivity index (χ2v) is 9.74. The van der Waals surface area contributed by atoms with Crippen LogP contribution in [-0.2, 0) is 0 Å². The monoisotopic (exact) mass is 417 g/mol. The van der Waals surface area contributed by atoms with E-state index >= 15 is 0 Å². The Hall–Kier alpha value is -3.26. The van der Waals surface area contributed by atoms with Crippen molar-refractivity contribution in [2.24, 2.45) is 0 Å². The number of hydrogen-bond acceptors (Lipinski definition) is 6. The minimum absolute atomic E-state index is 0.0496. The second kappa shape index (κ2) is 6.88. The molecule has 31 heavy (non-hydrogen) atoms. The van der Waals surface area contributed by atoms with Gasteiger partial charge in [0.1, 0.15) is 5.75 Å². The van der Waals surface area contributed by atoms with Gasteiger partial charge in [0.25, 0.3) is 0 Å². The van der Waals surface area contributed by atoms with Gasteiger partial charge in [-0.2, -0.15) is 0 Å². The van der Waals surface area contributed by atoms with E-state index in [0.29, 0.717) is 17.3 Å². The molecule has 0 aliphatic carbocycles. The summed E-state index contributed by atoms with van der Waals surface area (Å²) >= 11 is 0. The van der Waals surface area contributed by atoms with Crippen LogP contribution < -0.4 is 5.32 Å². The molecule has 8 nitrogen and oxygen atoms in total. The highest BCUT2D eigenvalue weighted by Gasteiger charge is 2.38. The van der Waals surface area contributed by atoms with Crippen LogP contribution in [0.4, 0.5) is 0 Å². The van der Waals surface area contributed by atoms with Crippen LogP contribution in [0.2, 0.25) is 0 Å². The molecule has 0 radical (unpaired) electrons. The number of phenols is 1. The van der Waals surface area contributed by atoms with Gasteiger partial charge >= 0.3 is 0 Å². The third-order valence-corrected chi connectivity index (χ3v) is 5.97. The predicted octanol–water partition coefficient (Wildman–Crippen LogP) is 3.87. The number of fused-ring (bicyclic) bond motifs is 1. The van der Waals surface area contributed by atoms with Crippen LogP contribution in [0.25, 0.3) is 28.0 Å². The summed E-state index contributed by atoms with van der Waals surface area (Å²) in [6.45, 7) is 9.01. The van der Waals surface area contributed by atoms with Gasteiger partial charge in [-0.25, -0.2) is 4.68 Å². The van der Waals surface area contributed by atoms with Crippen molar-refractivity contribution >= 4 is 11.0 Å². The van der Waals surface area contributed by atoms with Crippen molar-refractivity contribution in [3.63, 3.8) is 0 Å². The lowest BCUT2D eigenvalue weighted by Crippen LogP contribution is -2.57. The molecule has 0 bridgehead atoms. The third-order valence-electron chi connectivity index (χ3n) is 5.97. The smallest absolute Gasteiger partial charge is 0.162 e. The van der Waals surface area contributed by atoms with Crippen LogP contribution in [0.3, 0.4) is 0 Å². The number of nitrogens with one attached hydrogen (secondary N) is 1. The Balaban J connectivity index is 1.49. The van der Waals surface area contributed by atoms with Gasteiger partial charge in [0.15, 0.2) is 5.65 Å². The van der Waals surface area contributed by atoms with Crippen LogP contribution in [0.15, 0.2) is 48.9 Å². The highest BCUT2D eigenvalue weighted by atomic mass is 16.3. The summed E-state index contributed by atoms with van der Waals surface area (Å²) in [6.07, 6.45) is 7.48. The van der Waals surface area contributed by atoms with Gasteiger partial charge in [-0.15, -0.1) is 15.3 Å². The zero-order valence-electron chi connectivity index (χ0n) is 18.2. The Bertz CT molecular complexity index is 1220. The van der Waals surface area contributed by atoms with Crippen molar-refractivity contribution in [1.29, 1.82) is 0 Å². The lowest BCUT2D eigenvalue weighted by Gasteiger charge is -2.47. The Kier molecular flexibility index (Phi) is 4.37. The molecule has 4 aromatic rings. The molecule has 1 saturated heterocycles. The molecule has 1 fully saturated rings. The predicted molar refractivity (Wildman–Crippen MR) is 119 cm³/mol. The van der Waals surface area contributed by atoms with E-state index in [2.05, 4.69) is 70.4 Å². The summed E-state index contributed by atoms with van der Waals surface area (Å²) < 4.78 is 3.85. The molecule has 1 aliphatic heterocycles. The van der Waals surface area contributed by atoms with E-state index in [0.717, 1.165) is 29.6 Å². The maximum absolute atomic E-state index is 10.6. The van der Waals surface area contributed by atoms with Crippen molar-refractivity contribution in [3.8, 4) is 22.7 Å². The molecule has 3 aromatic heterocycles. The molecule has 1 aromatic carbocycles. The molecular weight excluding hydrogens is 390 g/mol. The quantitative estimate of drug-likeness (QED) is 0.526. The fraction of sp³-hybridized carbons (Fsp3) is 0.391. The maximum Gasteiger partial charge on any atom is 0.162 e. The lowest BCUT2D eigenvalue weighted by molar-refractivity contribution is 0.134. The Morgan fingerprint density at radius 2 is 1.77 bits per heavy atom. The number of benzene rings is 1. The normalized spacial score (nSPS) is 18.5. The van der Waals surface area contributed by atoms with Gasteiger partial charge in [0.05, 0.1) is 23.8 Å². The first-order chi connectivity index (χ1) is 14.7. The topological polar surface area (TPSA) is 93.7 Å². The molecular formula is C23H27N7O. The summed E-state index contributed by atoms with van der Waals surface area (Å²) in [7, 11) is 0. The first-order valence-electron chi connectivity index (χ1n) is 10.5. The molecule has 0 saturated carbocycles. The van der Waals surface area contributed by atoms with Crippen molar-refractivity contribution in [3.05, 3.63) is 48.9 Å². The molecule has 8 heteroatoms. The summed E-state index contributed by atoms with van der Waals surface area (Å²) in [4.78, 5) is 0. The van der Waals surface area contributed by atoms with Crippen LogP contribution >= 0.6 is 0 Å². The Morgan fingerprint density at radius 3 is 2.45 bits per heavy atom. The SMILES string of the molecule is CC1(C)CC(n2ccc3cc(-c4ccc(-n5ccnn5)cc4O)nnc32)CC(C)(C)N1. The fourth-order valence-corrected chi connectivity index (χ4v) is 5.07. The van der Waals surface area contributed by atoms with E-state index < -0.39 is 0 Å². The average molecular weight is 418 g/mol. The minimum Gasteiger partial charge on any atom is -0.507 e. The van der Waals surface area contributed by atoms with E-state index in [1.54, 1.807) is 23.1 Å². The molecule has 0 unspecified atom stereocenters. The molecule has 2 N–H and O–H groups in total.